The van der Waals surface area contributed by atoms with Crippen LogP contribution in [-0.4, -0.2) is 13.4 Å². The van der Waals surface area contributed by atoms with E-state index < -0.39 is 26.9 Å². The third-order valence-electron chi connectivity index (χ3n) is 1.45. The zero-order valence-corrected chi connectivity index (χ0v) is 10.9. The second-order valence-corrected chi connectivity index (χ2v) is 5.56. The van der Waals surface area contributed by atoms with Crippen molar-refractivity contribution in [2.75, 3.05) is 0 Å². The number of rotatable bonds is 2. The predicted octanol–water partition coefficient (Wildman–Crippen LogP) is 2.19. The Bertz CT molecular complexity index is 492. The van der Waals surface area contributed by atoms with Gasteiger partial charge in [0.05, 0.1) is 0 Å². The fourth-order valence-electron chi connectivity index (χ4n) is 0.934. The van der Waals surface area contributed by atoms with Crippen molar-refractivity contribution in [1.82, 2.24) is 4.98 Å². The Morgan fingerprint density at radius 2 is 1.93 bits per heavy atom. The topological polar surface area (TPSA) is 73.1 Å². The highest BCUT2D eigenvalue weighted by molar-refractivity contribution is 9.11. The van der Waals surface area contributed by atoms with Gasteiger partial charge in [-0.1, -0.05) is 0 Å². The van der Waals surface area contributed by atoms with Gasteiger partial charge in [0.15, 0.2) is 0 Å². The molecular formula is C6H4Br2F2N2O2S. The molecule has 9 heteroatoms. The number of alkyl halides is 2. The highest BCUT2D eigenvalue weighted by Gasteiger charge is 2.25. The number of primary sulfonamides is 1. The molecule has 0 bridgehead atoms. The molecule has 0 saturated carbocycles. The minimum Gasteiger partial charge on any atom is -0.233 e. The van der Waals surface area contributed by atoms with E-state index in [4.69, 9.17) is 5.14 Å². The van der Waals surface area contributed by atoms with Crippen molar-refractivity contribution < 1.29 is 17.2 Å². The first kappa shape index (κ1) is 12.9. The first-order valence-electron chi connectivity index (χ1n) is 3.40. The van der Waals surface area contributed by atoms with Crippen LogP contribution in [0.25, 0.3) is 0 Å². The van der Waals surface area contributed by atoms with Gasteiger partial charge in [0.1, 0.15) is 14.1 Å². The summed E-state index contributed by atoms with van der Waals surface area (Å²) in [5.74, 6) is 0. The normalized spacial score (nSPS) is 12.1. The molecule has 1 aromatic heterocycles. The maximum absolute atomic E-state index is 12.5. The summed E-state index contributed by atoms with van der Waals surface area (Å²) in [7, 11) is -4.24. The molecular weight excluding hydrogens is 362 g/mol. The summed E-state index contributed by atoms with van der Waals surface area (Å²) >= 11 is 5.64. The van der Waals surface area contributed by atoms with Gasteiger partial charge in [-0.25, -0.2) is 27.3 Å². The number of nitrogens with two attached hydrogens (primary N) is 1. The zero-order valence-electron chi connectivity index (χ0n) is 6.92. The summed E-state index contributed by atoms with van der Waals surface area (Å²) in [6.07, 6.45) is -2.95. The minimum atomic E-state index is -4.24. The summed E-state index contributed by atoms with van der Waals surface area (Å²) in [4.78, 5) is 2.93. The second kappa shape index (κ2) is 4.40. The quantitative estimate of drug-likeness (QED) is 0.816. The number of halogens is 4. The van der Waals surface area contributed by atoms with E-state index in [-0.39, 0.29) is 9.21 Å². The third kappa shape index (κ3) is 2.92. The van der Waals surface area contributed by atoms with Gasteiger partial charge in [0.2, 0.25) is 10.0 Å². The zero-order chi connectivity index (χ0) is 11.8. The molecule has 1 rings (SSSR count). The van der Waals surface area contributed by atoms with Crippen LogP contribution in [-0.2, 0) is 10.0 Å². The molecule has 15 heavy (non-hydrogen) atoms. The average Bonchev–Trinajstić information content (AvgIpc) is 1.99. The van der Waals surface area contributed by atoms with Crippen LogP contribution < -0.4 is 5.14 Å². The number of sulfonamides is 1. The number of aromatic nitrogens is 1. The van der Waals surface area contributed by atoms with Crippen LogP contribution in [0.4, 0.5) is 8.78 Å². The van der Waals surface area contributed by atoms with Gasteiger partial charge < -0.3 is 0 Å². The number of hydrogen-bond acceptors (Lipinski definition) is 3. The van der Waals surface area contributed by atoms with Crippen molar-refractivity contribution in [2.24, 2.45) is 5.14 Å². The molecule has 0 amide bonds. The second-order valence-electron chi connectivity index (χ2n) is 2.50. The molecule has 0 radical (unpaired) electrons. The van der Waals surface area contributed by atoms with Gasteiger partial charge in [0, 0.05) is 5.56 Å². The predicted molar refractivity (Wildman–Crippen MR) is 56.0 cm³/mol. The molecule has 1 aromatic rings. The summed E-state index contributed by atoms with van der Waals surface area (Å²) in [5.41, 5.74) is -0.689. The summed E-state index contributed by atoms with van der Waals surface area (Å²) < 4.78 is 47.0. The van der Waals surface area contributed by atoms with E-state index in [0.717, 1.165) is 6.07 Å². The van der Waals surface area contributed by atoms with Gasteiger partial charge in [-0.15, -0.1) is 0 Å². The highest BCUT2D eigenvalue weighted by Crippen LogP contribution is 2.32. The van der Waals surface area contributed by atoms with E-state index in [9.17, 15) is 17.2 Å². The molecule has 0 aliphatic heterocycles. The molecule has 0 unspecified atom stereocenters. The molecule has 2 N–H and O–H groups in total. The average molecular weight is 366 g/mol. The van der Waals surface area contributed by atoms with E-state index in [1.54, 1.807) is 0 Å². The maximum Gasteiger partial charge on any atom is 0.265 e. The molecule has 4 nitrogen and oxygen atoms in total. The molecule has 0 saturated heterocycles. The van der Waals surface area contributed by atoms with E-state index in [2.05, 4.69) is 36.8 Å². The monoisotopic (exact) mass is 364 g/mol. The lowest BCUT2D eigenvalue weighted by Crippen LogP contribution is -2.16. The Morgan fingerprint density at radius 1 is 1.40 bits per heavy atom. The molecule has 84 valence electrons. The van der Waals surface area contributed by atoms with Crippen LogP contribution in [0.2, 0.25) is 0 Å². The van der Waals surface area contributed by atoms with Gasteiger partial charge in [-0.2, -0.15) is 0 Å². The van der Waals surface area contributed by atoms with Crippen molar-refractivity contribution in [3.8, 4) is 0 Å². The first-order valence-corrected chi connectivity index (χ1v) is 6.53. The van der Waals surface area contributed by atoms with E-state index in [1.807, 2.05) is 0 Å². The Kier molecular flexibility index (Phi) is 3.80. The van der Waals surface area contributed by atoms with Crippen molar-refractivity contribution in [3.05, 3.63) is 20.8 Å². The highest BCUT2D eigenvalue weighted by atomic mass is 79.9. The molecule has 0 fully saturated rings. The van der Waals surface area contributed by atoms with Crippen LogP contribution >= 0.6 is 31.9 Å². The Balaban J connectivity index is 3.62. The van der Waals surface area contributed by atoms with Gasteiger partial charge in [-0.3, -0.25) is 0 Å². The van der Waals surface area contributed by atoms with Gasteiger partial charge >= 0.3 is 0 Å². The SMILES string of the molecule is NS(=O)(=O)c1c(C(F)F)cc(Br)nc1Br. The van der Waals surface area contributed by atoms with E-state index >= 15 is 0 Å². The van der Waals surface area contributed by atoms with Gasteiger partial charge in [-0.05, 0) is 37.9 Å². The van der Waals surface area contributed by atoms with Crippen molar-refractivity contribution in [1.29, 1.82) is 0 Å². The maximum atomic E-state index is 12.5. The smallest absolute Gasteiger partial charge is 0.233 e. The van der Waals surface area contributed by atoms with Crippen LogP contribution in [0, 0.1) is 0 Å². The number of nitrogens with zero attached hydrogens (tertiary/aromatic N) is 1. The summed E-state index contributed by atoms with van der Waals surface area (Å²) in [6, 6.07) is 0.912. The Labute approximate surface area is 101 Å². The number of pyridine rings is 1. The first-order chi connectivity index (χ1) is 6.73. The molecule has 0 aliphatic carbocycles. The fourth-order valence-corrected chi connectivity index (χ4v) is 3.45. The Morgan fingerprint density at radius 3 is 2.33 bits per heavy atom. The van der Waals surface area contributed by atoms with Crippen LogP contribution in [0.15, 0.2) is 20.2 Å². The van der Waals surface area contributed by atoms with E-state index in [1.165, 1.54) is 0 Å². The molecule has 0 spiro atoms. The standard InChI is InChI=1S/C6H4Br2F2N2O2S/c7-3-1-2(6(9)10)4(5(8)12-3)15(11,13)14/h1,6H,(H2,11,13,14). The summed E-state index contributed by atoms with van der Waals surface area (Å²) in [6.45, 7) is 0. The van der Waals surface area contributed by atoms with Crippen molar-refractivity contribution >= 4 is 41.9 Å². The fraction of sp³-hybridized carbons (Fsp3) is 0.167. The van der Waals surface area contributed by atoms with Gasteiger partial charge in [0.25, 0.3) is 6.43 Å². The van der Waals surface area contributed by atoms with E-state index in [0.29, 0.717) is 0 Å². The van der Waals surface area contributed by atoms with Crippen LogP contribution in [0.3, 0.4) is 0 Å². The lowest BCUT2D eigenvalue weighted by atomic mass is 10.3. The molecule has 0 aromatic carbocycles. The van der Waals surface area contributed by atoms with Crippen LogP contribution in [0.5, 0.6) is 0 Å². The lowest BCUT2D eigenvalue weighted by Gasteiger charge is -2.08. The number of hydrogen-bond donors (Lipinski definition) is 1. The Hall–Kier alpha value is -0.120. The lowest BCUT2D eigenvalue weighted by molar-refractivity contribution is 0.147. The summed E-state index contributed by atoms with van der Waals surface area (Å²) in [5, 5.41) is 4.80. The van der Waals surface area contributed by atoms with Crippen LogP contribution in [0.1, 0.15) is 12.0 Å². The molecule has 0 aliphatic rings. The molecule has 1 heterocycles. The van der Waals surface area contributed by atoms with Crippen molar-refractivity contribution in [2.45, 2.75) is 11.3 Å². The molecule has 0 atom stereocenters. The van der Waals surface area contributed by atoms with Crippen molar-refractivity contribution in [3.63, 3.8) is 0 Å². The third-order valence-corrected chi connectivity index (χ3v) is 3.69. The largest absolute Gasteiger partial charge is 0.265 e. The minimum absolute atomic E-state index is 0.0945.